The molecule has 6 heteroatoms. The van der Waals surface area contributed by atoms with Crippen molar-refractivity contribution in [3.63, 3.8) is 0 Å². The molecule has 1 saturated heterocycles. The van der Waals surface area contributed by atoms with Gasteiger partial charge in [-0.25, -0.2) is 0 Å². The predicted molar refractivity (Wildman–Crippen MR) is 84.4 cm³/mol. The summed E-state index contributed by atoms with van der Waals surface area (Å²) in [5.41, 5.74) is 6.18. The Kier molecular flexibility index (Phi) is 3.88. The summed E-state index contributed by atoms with van der Waals surface area (Å²) in [5, 5.41) is 0. The summed E-state index contributed by atoms with van der Waals surface area (Å²) in [7, 11) is 0. The van der Waals surface area contributed by atoms with Crippen molar-refractivity contribution >= 4 is 23.0 Å². The molecule has 1 fully saturated rings. The molecule has 2 N–H and O–H groups in total. The lowest BCUT2D eigenvalue weighted by atomic mass is 10.0. The summed E-state index contributed by atoms with van der Waals surface area (Å²) in [4.78, 5) is 26.8. The first-order valence-electron chi connectivity index (χ1n) is 7.17. The van der Waals surface area contributed by atoms with Crippen LogP contribution in [0.3, 0.4) is 0 Å². The molecule has 3 rings (SSSR count). The summed E-state index contributed by atoms with van der Waals surface area (Å²) >= 11 is 1.23. The van der Waals surface area contributed by atoms with E-state index in [0.29, 0.717) is 22.8 Å². The molecule has 1 aliphatic heterocycles. The van der Waals surface area contributed by atoms with Gasteiger partial charge < -0.3 is 15.1 Å². The van der Waals surface area contributed by atoms with E-state index in [4.69, 9.17) is 10.2 Å². The maximum atomic E-state index is 12.5. The minimum atomic E-state index is -0.137. The Balaban J connectivity index is 1.75. The fraction of sp³-hybridized carbons (Fsp3) is 0.375. The van der Waals surface area contributed by atoms with E-state index in [2.05, 4.69) is 0 Å². The molecule has 0 aliphatic carbocycles. The van der Waals surface area contributed by atoms with Crippen LogP contribution in [0.15, 0.2) is 28.7 Å². The molecule has 2 aromatic heterocycles. The number of nitrogens with zero attached hydrogens (tertiary/aromatic N) is 1. The molecule has 0 aromatic carbocycles. The van der Waals surface area contributed by atoms with Crippen molar-refractivity contribution in [2.75, 3.05) is 13.1 Å². The molecule has 0 radical (unpaired) electrons. The smallest absolute Gasteiger partial charge is 0.264 e. The molecule has 0 spiro atoms. The fourth-order valence-corrected chi connectivity index (χ4v) is 3.62. The Hall–Kier alpha value is -1.92. The number of rotatable bonds is 3. The van der Waals surface area contributed by atoms with Gasteiger partial charge >= 0.3 is 0 Å². The van der Waals surface area contributed by atoms with Crippen LogP contribution in [-0.4, -0.2) is 35.7 Å². The van der Waals surface area contributed by atoms with E-state index in [1.165, 1.54) is 18.3 Å². The summed E-state index contributed by atoms with van der Waals surface area (Å²) in [5.74, 6) is 1.60. The maximum absolute atomic E-state index is 12.5. The number of aryl methyl sites for hydroxylation is 1. The average molecular weight is 318 g/mol. The zero-order valence-corrected chi connectivity index (χ0v) is 13.4. The van der Waals surface area contributed by atoms with E-state index >= 15 is 0 Å². The van der Waals surface area contributed by atoms with Crippen LogP contribution in [0.4, 0.5) is 0 Å². The molecular formula is C16H18N2O3S. The van der Waals surface area contributed by atoms with Gasteiger partial charge in [0.15, 0.2) is 5.78 Å². The van der Waals surface area contributed by atoms with E-state index in [9.17, 15) is 9.59 Å². The SMILES string of the molecule is CC(=O)c1ccc(C(=O)N2C[C@@H](N)[C@H](c3ccc(C)o3)C2)s1. The monoisotopic (exact) mass is 318 g/mol. The van der Waals surface area contributed by atoms with Gasteiger partial charge in [-0.3, -0.25) is 9.59 Å². The van der Waals surface area contributed by atoms with Crippen molar-refractivity contribution < 1.29 is 14.0 Å². The predicted octanol–water partition coefficient (Wildman–Crippen LogP) is 2.42. The molecule has 2 aromatic rings. The highest BCUT2D eigenvalue weighted by molar-refractivity contribution is 7.15. The molecular weight excluding hydrogens is 300 g/mol. The lowest BCUT2D eigenvalue weighted by Gasteiger charge is -2.14. The molecule has 116 valence electrons. The quantitative estimate of drug-likeness (QED) is 0.882. The van der Waals surface area contributed by atoms with Crippen molar-refractivity contribution in [2.45, 2.75) is 25.8 Å². The molecule has 0 bridgehead atoms. The van der Waals surface area contributed by atoms with Crippen LogP contribution >= 0.6 is 11.3 Å². The van der Waals surface area contributed by atoms with Crippen molar-refractivity contribution in [3.05, 3.63) is 45.5 Å². The van der Waals surface area contributed by atoms with Crippen molar-refractivity contribution in [3.8, 4) is 0 Å². The summed E-state index contributed by atoms with van der Waals surface area (Å²) in [6.07, 6.45) is 0. The van der Waals surface area contributed by atoms with Crippen LogP contribution in [0.2, 0.25) is 0 Å². The summed E-state index contributed by atoms with van der Waals surface area (Å²) < 4.78 is 5.65. The second kappa shape index (κ2) is 5.70. The highest BCUT2D eigenvalue weighted by Gasteiger charge is 2.36. The molecule has 1 aliphatic rings. The Morgan fingerprint density at radius 1 is 1.23 bits per heavy atom. The highest BCUT2D eigenvalue weighted by atomic mass is 32.1. The fourth-order valence-electron chi connectivity index (χ4n) is 2.75. The first-order valence-corrected chi connectivity index (χ1v) is 7.99. The van der Waals surface area contributed by atoms with Gasteiger partial charge in [-0.1, -0.05) is 0 Å². The number of ketones is 1. The number of carbonyl (C=O) groups excluding carboxylic acids is 2. The number of thiophene rings is 1. The molecule has 0 saturated carbocycles. The van der Waals surface area contributed by atoms with Gasteiger partial charge in [-0.2, -0.15) is 0 Å². The van der Waals surface area contributed by atoms with Crippen LogP contribution in [0, 0.1) is 6.92 Å². The number of hydrogen-bond acceptors (Lipinski definition) is 5. The van der Waals surface area contributed by atoms with Crippen molar-refractivity contribution in [2.24, 2.45) is 5.73 Å². The topological polar surface area (TPSA) is 76.5 Å². The number of carbonyl (C=O) groups is 2. The van der Waals surface area contributed by atoms with Gasteiger partial charge in [-0.05, 0) is 38.1 Å². The normalized spacial score (nSPS) is 21.3. The van der Waals surface area contributed by atoms with E-state index in [1.807, 2.05) is 19.1 Å². The summed E-state index contributed by atoms with van der Waals surface area (Å²) in [6, 6.07) is 7.10. The first kappa shape index (κ1) is 15.0. The van der Waals surface area contributed by atoms with Gasteiger partial charge in [0.1, 0.15) is 11.5 Å². The number of nitrogens with two attached hydrogens (primary N) is 1. The van der Waals surface area contributed by atoms with Gasteiger partial charge in [0.2, 0.25) is 0 Å². The third-order valence-corrected chi connectivity index (χ3v) is 5.12. The van der Waals surface area contributed by atoms with Crippen LogP contribution in [0.5, 0.6) is 0 Å². The molecule has 0 unspecified atom stereocenters. The third kappa shape index (κ3) is 2.71. The van der Waals surface area contributed by atoms with E-state index in [1.54, 1.807) is 17.0 Å². The lowest BCUT2D eigenvalue weighted by Crippen LogP contribution is -2.31. The number of amides is 1. The Morgan fingerprint density at radius 3 is 2.55 bits per heavy atom. The van der Waals surface area contributed by atoms with Gasteiger partial charge in [0.05, 0.1) is 15.7 Å². The number of Topliss-reactive ketones (excluding diaryl/α,β-unsaturated/α-hetero) is 1. The largest absolute Gasteiger partial charge is 0.466 e. The summed E-state index contributed by atoms with van der Waals surface area (Å²) in [6.45, 7) is 4.43. The van der Waals surface area contributed by atoms with Crippen LogP contribution in [0.1, 0.15) is 43.7 Å². The van der Waals surface area contributed by atoms with Crippen LogP contribution in [0.25, 0.3) is 0 Å². The average Bonchev–Trinajstić information content (AvgIpc) is 3.16. The van der Waals surface area contributed by atoms with E-state index in [-0.39, 0.29) is 23.7 Å². The van der Waals surface area contributed by atoms with Gasteiger partial charge in [-0.15, -0.1) is 11.3 Å². The number of furan rings is 1. The molecule has 1 amide bonds. The Bertz CT molecular complexity index is 719. The first-order chi connectivity index (χ1) is 10.5. The lowest BCUT2D eigenvalue weighted by molar-refractivity contribution is 0.0793. The zero-order valence-electron chi connectivity index (χ0n) is 12.5. The number of hydrogen-bond donors (Lipinski definition) is 1. The molecule has 2 atom stereocenters. The van der Waals surface area contributed by atoms with E-state index < -0.39 is 0 Å². The second-order valence-electron chi connectivity index (χ2n) is 5.65. The third-order valence-electron chi connectivity index (χ3n) is 3.94. The highest BCUT2D eigenvalue weighted by Crippen LogP contribution is 2.30. The van der Waals surface area contributed by atoms with Crippen molar-refractivity contribution in [1.29, 1.82) is 0 Å². The van der Waals surface area contributed by atoms with Crippen LogP contribution in [-0.2, 0) is 0 Å². The Morgan fingerprint density at radius 2 is 1.95 bits per heavy atom. The zero-order chi connectivity index (χ0) is 15.9. The van der Waals surface area contributed by atoms with Gasteiger partial charge in [0, 0.05) is 19.1 Å². The minimum absolute atomic E-state index is 0.0184. The second-order valence-corrected chi connectivity index (χ2v) is 6.73. The van der Waals surface area contributed by atoms with Crippen LogP contribution < -0.4 is 5.73 Å². The minimum Gasteiger partial charge on any atom is -0.466 e. The van der Waals surface area contributed by atoms with Gasteiger partial charge in [0.25, 0.3) is 5.91 Å². The van der Waals surface area contributed by atoms with Crippen molar-refractivity contribution in [1.82, 2.24) is 4.90 Å². The molecule has 22 heavy (non-hydrogen) atoms. The number of likely N-dealkylation sites (tertiary alicyclic amines) is 1. The maximum Gasteiger partial charge on any atom is 0.264 e. The Labute approximate surface area is 132 Å². The molecule has 5 nitrogen and oxygen atoms in total. The standard InChI is InChI=1S/C16H18N2O3S/c1-9-3-4-13(21-9)11-7-18(8-12(11)17)16(20)15-6-5-14(22-15)10(2)19/h3-6,11-12H,7-8,17H2,1-2H3/t11-,12-/m1/s1. The van der Waals surface area contributed by atoms with E-state index in [0.717, 1.165) is 11.5 Å². The molecule has 3 heterocycles.